The van der Waals surface area contributed by atoms with Crippen molar-refractivity contribution in [3.63, 3.8) is 0 Å². The summed E-state index contributed by atoms with van der Waals surface area (Å²) in [5.41, 5.74) is 1.91. The van der Waals surface area contributed by atoms with Crippen LogP contribution in [0.15, 0.2) is 34.1 Å². The second-order valence-corrected chi connectivity index (χ2v) is 6.70. The predicted molar refractivity (Wildman–Crippen MR) is 81.9 cm³/mol. The number of carbonyl (C=O) groups excluding carboxylic acids is 1. The number of alkyl halides is 1. The molecule has 3 rings (SSSR count). The van der Waals surface area contributed by atoms with E-state index in [1.807, 2.05) is 29.6 Å². The topological polar surface area (TPSA) is 33.2 Å². The molecule has 6 heteroatoms. The number of benzene rings is 1. The summed E-state index contributed by atoms with van der Waals surface area (Å²) >= 11 is 10.9. The van der Waals surface area contributed by atoms with E-state index in [-0.39, 0.29) is 11.3 Å². The molecule has 0 bridgehead atoms. The number of thiazole rings is 1. The van der Waals surface area contributed by atoms with E-state index in [1.54, 1.807) is 4.90 Å². The van der Waals surface area contributed by atoms with Crippen molar-refractivity contribution in [1.29, 1.82) is 0 Å². The molecule has 2 heterocycles. The molecule has 98 valence electrons. The van der Waals surface area contributed by atoms with Crippen LogP contribution in [-0.4, -0.2) is 22.8 Å². The molecule has 0 spiro atoms. The largest absolute Gasteiger partial charge is 0.287 e. The third kappa shape index (κ3) is 2.68. The number of hydrogen-bond donors (Lipinski definition) is 0. The maximum Gasteiger partial charge on any atom is 0.230 e. The monoisotopic (exact) mass is 356 g/mol. The summed E-state index contributed by atoms with van der Waals surface area (Å²) in [6.07, 6.45) is 0.396. The van der Waals surface area contributed by atoms with E-state index >= 15 is 0 Å². The summed E-state index contributed by atoms with van der Waals surface area (Å²) in [7, 11) is 0. The molecule has 2 aromatic rings. The van der Waals surface area contributed by atoms with Gasteiger partial charge in [-0.25, -0.2) is 4.98 Å². The quantitative estimate of drug-likeness (QED) is 0.763. The van der Waals surface area contributed by atoms with E-state index in [2.05, 4.69) is 20.9 Å². The normalized spacial score (nSPS) is 19.2. The van der Waals surface area contributed by atoms with Crippen molar-refractivity contribution in [2.24, 2.45) is 0 Å². The van der Waals surface area contributed by atoms with Crippen LogP contribution in [-0.2, 0) is 4.79 Å². The third-order valence-corrected chi connectivity index (χ3v) is 4.57. The van der Waals surface area contributed by atoms with Gasteiger partial charge < -0.3 is 0 Å². The maximum atomic E-state index is 11.8. The Bertz CT molecular complexity index is 631. The van der Waals surface area contributed by atoms with Crippen molar-refractivity contribution in [3.8, 4) is 11.3 Å². The highest BCUT2D eigenvalue weighted by molar-refractivity contribution is 9.10. The Morgan fingerprint density at radius 2 is 2.32 bits per heavy atom. The predicted octanol–water partition coefficient (Wildman–Crippen LogP) is 3.92. The van der Waals surface area contributed by atoms with Gasteiger partial charge in [0.1, 0.15) is 0 Å². The lowest BCUT2D eigenvalue weighted by Gasteiger charge is -2.10. The van der Waals surface area contributed by atoms with Crippen molar-refractivity contribution in [2.75, 3.05) is 11.4 Å². The van der Waals surface area contributed by atoms with Gasteiger partial charge in [0.25, 0.3) is 0 Å². The Hall–Kier alpha value is -0.910. The summed E-state index contributed by atoms with van der Waals surface area (Å²) in [5, 5.41) is 2.58. The summed E-state index contributed by atoms with van der Waals surface area (Å²) < 4.78 is 1.01. The molecular weight excluding hydrogens is 348 g/mol. The average Bonchev–Trinajstić information content (AvgIpc) is 2.96. The summed E-state index contributed by atoms with van der Waals surface area (Å²) in [4.78, 5) is 18.0. The number of aromatic nitrogens is 1. The Balaban J connectivity index is 1.90. The van der Waals surface area contributed by atoms with Gasteiger partial charge in [-0.1, -0.05) is 28.1 Å². The van der Waals surface area contributed by atoms with Gasteiger partial charge in [-0.05, 0) is 12.1 Å². The van der Waals surface area contributed by atoms with Crippen molar-refractivity contribution in [1.82, 2.24) is 4.98 Å². The van der Waals surface area contributed by atoms with Crippen LogP contribution in [0.3, 0.4) is 0 Å². The molecule has 1 amide bonds. The third-order valence-electron chi connectivity index (χ3n) is 2.92. The van der Waals surface area contributed by atoms with Crippen LogP contribution in [0.2, 0.25) is 0 Å². The first-order chi connectivity index (χ1) is 9.13. The van der Waals surface area contributed by atoms with E-state index in [1.165, 1.54) is 11.3 Å². The van der Waals surface area contributed by atoms with Crippen molar-refractivity contribution in [2.45, 2.75) is 11.8 Å². The Kier molecular flexibility index (Phi) is 3.60. The van der Waals surface area contributed by atoms with Gasteiger partial charge in [-0.2, -0.15) is 0 Å². The second kappa shape index (κ2) is 5.23. The molecule has 1 saturated heterocycles. The smallest absolute Gasteiger partial charge is 0.230 e. The first-order valence-electron chi connectivity index (χ1n) is 5.79. The van der Waals surface area contributed by atoms with E-state index in [0.717, 1.165) is 20.9 Å². The molecule has 0 N–H and O–H groups in total. The Labute approximate surface area is 128 Å². The molecular formula is C13H10BrClN2OS. The standard InChI is InChI=1S/C13H10BrClN2OS/c14-9-3-1-2-8(4-9)11-7-19-13(16-11)17-6-10(15)5-12(17)18/h1-4,7,10H,5-6H2. The average molecular weight is 358 g/mol. The van der Waals surface area contributed by atoms with E-state index in [4.69, 9.17) is 11.6 Å². The van der Waals surface area contributed by atoms with Crippen molar-refractivity contribution in [3.05, 3.63) is 34.1 Å². The van der Waals surface area contributed by atoms with Gasteiger partial charge >= 0.3 is 0 Å². The minimum Gasteiger partial charge on any atom is -0.287 e. The summed E-state index contributed by atoms with van der Waals surface area (Å²) in [6.45, 7) is 0.547. The van der Waals surface area contributed by atoms with Crippen molar-refractivity contribution >= 4 is 49.9 Å². The van der Waals surface area contributed by atoms with Crippen molar-refractivity contribution < 1.29 is 4.79 Å². The highest BCUT2D eigenvalue weighted by atomic mass is 79.9. The Morgan fingerprint density at radius 1 is 1.47 bits per heavy atom. The van der Waals surface area contributed by atoms with Gasteiger partial charge in [0, 0.05) is 28.4 Å². The summed E-state index contributed by atoms with van der Waals surface area (Å²) in [6, 6.07) is 7.95. The minimum absolute atomic E-state index is 0.0511. The van der Waals surface area contributed by atoms with Crippen LogP contribution >= 0.6 is 38.9 Å². The Morgan fingerprint density at radius 3 is 3.00 bits per heavy atom. The fourth-order valence-electron chi connectivity index (χ4n) is 2.02. The molecule has 1 aliphatic rings. The zero-order valence-electron chi connectivity index (χ0n) is 9.85. The van der Waals surface area contributed by atoms with E-state index in [0.29, 0.717) is 13.0 Å². The van der Waals surface area contributed by atoms with Gasteiger partial charge in [-0.15, -0.1) is 22.9 Å². The van der Waals surface area contributed by atoms with Crippen LogP contribution in [0.5, 0.6) is 0 Å². The van der Waals surface area contributed by atoms with Crippen LogP contribution in [0.25, 0.3) is 11.3 Å². The molecule has 19 heavy (non-hydrogen) atoms. The highest BCUT2D eigenvalue weighted by Crippen LogP contribution is 2.31. The van der Waals surface area contributed by atoms with Crippen LogP contribution in [0, 0.1) is 0 Å². The molecule has 0 saturated carbocycles. The lowest BCUT2D eigenvalue weighted by molar-refractivity contribution is -0.117. The first kappa shape index (κ1) is 13.1. The lowest BCUT2D eigenvalue weighted by atomic mass is 10.2. The minimum atomic E-state index is -0.106. The van der Waals surface area contributed by atoms with Gasteiger partial charge in [0.2, 0.25) is 5.91 Å². The molecule has 0 radical (unpaired) electrons. The fraction of sp³-hybridized carbons (Fsp3) is 0.231. The molecule has 1 unspecified atom stereocenters. The molecule has 0 aliphatic carbocycles. The molecule has 1 aromatic heterocycles. The fourth-order valence-corrected chi connectivity index (χ4v) is 3.55. The molecule has 1 atom stereocenters. The number of hydrogen-bond acceptors (Lipinski definition) is 3. The lowest BCUT2D eigenvalue weighted by Crippen LogP contribution is -2.24. The van der Waals surface area contributed by atoms with E-state index in [9.17, 15) is 4.79 Å². The zero-order chi connectivity index (χ0) is 13.4. The van der Waals surface area contributed by atoms with Gasteiger partial charge in [0.15, 0.2) is 5.13 Å². The molecule has 1 aliphatic heterocycles. The SMILES string of the molecule is O=C1CC(Cl)CN1c1nc(-c2cccc(Br)c2)cs1. The maximum absolute atomic E-state index is 11.8. The van der Waals surface area contributed by atoms with Gasteiger partial charge in [0.05, 0.1) is 11.1 Å². The van der Waals surface area contributed by atoms with Crippen LogP contribution in [0.1, 0.15) is 6.42 Å². The van der Waals surface area contributed by atoms with Crippen LogP contribution in [0.4, 0.5) is 5.13 Å². The number of rotatable bonds is 2. The number of anilines is 1. The number of carbonyl (C=O) groups is 1. The first-order valence-corrected chi connectivity index (χ1v) is 7.90. The number of halogens is 2. The molecule has 1 aromatic carbocycles. The number of nitrogens with zero attached hydrogens (tertiary/aromatic N) is 2. The van der Waals surface area contributed by atoms with Gasteiger partial charge in [-0.3, -0.25) is 9.69 Å². The molecule has 3 nitrogen and oxygen atoms in total. The molecule has 1 fully saturated rings. The number of amides is 1. The summed E-state index contributed by atoms with van der Waals surface area (Å²) in [5.74, 6) is 0.0511. The highest BCUT2D eigenvalue weighted by Gasteiger charge is 2.30. The second-order valence-electron chi connectivity index (χ2n) is 4.33. The van der Waals surface area contributed by atoms with E-state index < -0.39 is 0 Å². The zero-order valence-corrected chi connectivity index (χ0v) is 13.0. The van der Waals surface area contributed by atoms with Crippen LogP contribution < -0.4 is 4.90 Å².